The number of aromatic nitrogens is 2. The minimum absolute atomic E-state index is 0.282. The molecule has 1 aromatic heterocycles. The summed E-state index contributed by atoms with van der Waals surface area (Å²) in [6, 6.07) is 7.65. The van der Waals surface area contributed by atoms with E-state index in [1.165, 1.54) is 12.8 Å². The van der Waals surface area contributed by atoms with Gasteiger partial charge in [0.15, 0.2) is 0 Å². The summed E-state index contributed by atoms with van der Waals surface area (Å²) in [6.45, 7) is 1.96. The minimum Gasteiger partial charge on any atom is -0.495 e. The first-order chi connectivity index (χ1) is 11.7. The lowest BCUT2D eigenvalue weighted by Gasteiger charge is -2.13. The number of nitrogens with one attached hydrogen (secondary N) is 2. The van der Waals surface area contributed by atoms with Crippen molar-refractivity contribution in [2.45, 2.75) is 38.6 Å². The largest absolute Gasteiger partial charge is 0.495 e. The van der Waals surface area contributed by atoms with Gasteiger partial charge in [0.2, 0.25) is 5.95 Å². The number of aryl methyl sites for hydroxylation is 1. The summed E-state index contributed by atoms with van der Waals surface area (Å²) in [5.74, 6) is 0.842. The van der Waals surface area contributed by atoms with Gasteiger partial charge in [-0.25, -0.2) is 9.97 Å². The fraction of sp³-hybridized carbons (Fsp3) is 0.389. The van der Waals surface area contributed by atoms with Crippen LogP contribution in [-0.4, -0.2) is 29.0 Å². The Kier molecular flexibility index (Phi) is 4.93. The number of amides is 1. The second-order valence-electron chi connectivity index (χ2n) is 6.05. The van der Waals surface area contributed by atoms with Crippen LogP contribution in [0.1, 0.15) is 41.7 Å². The van der Waals surface area contributed by atoms with E-state index in [0.717, 1.165) is 18.4 Å². The molecule has 1 amide bonds. The Hall–Kier alpha value is -2.63. The lowest BCUT2D eigenvalue weighted by atomic mass is 10.2. The molecule has 0 bridgehead atoms. The van der Waals surface area contributed by atoms with Crippen molar-refractivity contribution in [2.24, 2.45) is 0 Å². The lowest BCUT2D eigenvalue weighted by Crippen LogP contribution is -2.19. The van der Waals surface area contributed by atoms with E-state index in [1.54, 1.807) is 19.4 Å². The third kappa shape index (κ3) is 3.82. The van der Waals surface area contributed by atoms with Gasteiger partial charge in [0.05, 0.1) is 12.8 Å². The quantitative estimate of drug-likeness (QED) is 0.880. The Balaban J connectivity index is 1.74. The molecule has 1 saturated carbocycles. The van der Waals surface area contributed by atoms with Gasteiger partial charge in [0.25, 0.3) is 5.91 Å². The molecule has 24 heavy (non-hydrogen) atoms. The van der Waals surface area contributed by atoms with Crippen LogP contribution in [0.3, 0.4) is 0 Å². The molecule has 6 nitrogen and oxygen atoms in total. The highest BCUT2D eigenvalue weighted by Crippen LogP contribution is 2.26. The van der Waals surface area contributed by atoms with Crippen molar-refractivity contribution in [1.82, 2.24) is 9.97 Å². The van der Waals surface area contributed by atoms with E-state index < -0.39 is 0 Å². The van der Waals surface area contributed by atoms with Crippen LogP contribution in [0, 0.1) is 6.92 Å². The Bertz CT molecular complexity index is 727. The van der Waals surface area contributed by atoms with Crippen LogP contribution in [-0.2, 0) is 0 Å². The number of carbonyl (C=O) groups is 1. The molecular weight excluding hydrogens is 304 g/mol. The number of ether oxygens (including phenoxy) is 1. The first kappa shape index (κ1) is 16.2. The van der Waals surface area contributed by atoms with Crippen molar-refractivity contribution < 1.29 is 9.53 Å². The molecule has 126 valence electrons. The molecule has 1 aliphatic rings. The zero-order valence-corrected chi connectivity index (χ0v) is 14.0. The number of methoxy groups -OCH3 is 1. The van der Waals surface area contributed by atoms with Crippen LogP contribution in [0.25, 0.3) is 0 Å². The van der Waals surface area contributed by atoms with Crippen molar-refractivity contribution in [3.05, 3.63) is 41.7 Å². The van der Waals surface area contributed by atoms with E-state index in [0.29, 0.717) is 29.1 Å². The van der Waals surface area contributed by atoms with Crippen LogP contribution < -0.4 is 15.4 Å². The van der Waals surface area contributed by atoms with Crippen molar-refractivity contribution in [3.63, 3.8) is 0 Å². The fourth-order valence-electron chi connectivity index (χ4n) is 2.91. The molecule has 2 N–H and O–H groups in total. The number of hydrogen-bond acceptors (Lipinski definition) is 5. The van der Waals surface area contributed by atoms with E-state index in [1.807, 2.05) is 25.1 Å². The standard InChI is InChI=1S/C18H22N4O2/c1-12-7-8-16(24-2)15(11-12)21-17(23)14-9-10-19-18(22-14)20-13-5-3-4-6-13/h7-11,13H,3-6H2,1-2H3,(H,21,23)(H,19,20,22). The zero-order chi connectivity index (χ0) is 16.9. The molecule has 0 unspecified atom stereocenters. The maximum atomic E-state index is 12.5. The second-order valence-corrected chi connectivity index (χ2v) is 6.05. The third-order valence-corrected chi connectivity index (χ3v) is 4.18. The third-order valence-electron chi connectivity index (χ3n) is 4.18. The van der Waals surface area contributed by atoms with Gasteiger partial charge in [-0.2, -0.15) is 0 Å². The molecule has 1 fully saturated rings. The number of anilines is 2. The molecule has 1 aromatic carbocycles. The first-order valence-electron chi connectivity index (χ1n) is 8.21. The van der Waals surface area contributed by atoms with Crippen LogP contribution >= 0.6 is 0 Å². The second kappa shape index (κ2) is 7.29. The Morgan fingerprint density at radius 2 is 2.04 bits per heavy atom. The average molecular weight is 326 g/mol. The molecule has 1 aliphatic carbocycles. The highest BCUT2D eigenvalue weighted by molar-refractivity contribution is 6.03. The van der Waals surface area contributed by atoms with Gasteiger partial charge in [-0.05, 0) is 43.5 Å². The normalized spacial score (nSPS) is 14.4. The molecule has 1 heterocycles. The molecule has 3 rings (SSSR count). The molecular formula is C18H22N4O2. The molecule has 2 aromatic rings. The van der Waals surface area contributed by atoms with Gasteiger partial charge in [-0.15, -0.1) is 0 Å². The van der Waals surface area contributed by atoms with Gasteiger partial charge in [0.1, 0.15) is 11.4 Å². The number of hydrogen-bond donors (Lipinski definition) is 2. The summed E-state index contributed by atoms with van der Waals surface area (Å²) >= 11 is 0. The summed E-state index contributed by atoms with van der Waals surface area (Å²) in [5, 5.41) is 6.16. The first-order valence-corrected chi connectivity index (χ1v) is 8.21. The summed E-state index contributed by atoms with van der Waals surface area (Å²) < 4.78 is 5.29. The molecule has 0 saturated heterocycles. The molecule has 0 radical (unpaired) electrons. The molecule has 0 aliphatic heterocycles. The fourth-order valence-corrected chi connectivity index (χ4v) is 2.91. The summed E-state index contributed by atoms with van der Waals surface area (Å²) in [7, 11) is 1.58. The number of carbonyl (C=O) groups excluding carboxylic acids is 1. The van der Waals surface area contributed by atoms with Crippen LogP contribution in [0.4, 0.5) is 11.6 Å². The van der Waals surface area contributed by atoms with Gasteiger partial charge in [-0.1, -0.05) is 18.9 Å². The number of benzene rings is 1. The van der Waals surface area contributed by atoms with Crippen molar-refractivity contribution in [2.75, 3.05) is 17.7 Å². The van der Waals surface area contributed by atoms with Crippen LogP contribution in [0.5, 0.6) is 5.75 Å². The monoisotopic (exact) mass is 326 g/mol. The van der Waals surface area contributed by atoms with E-state index in [2.05, 4.69) is 20.6 Å². The van der Waals surface area contributed by atoms with Gasteiger partial charge in [-0.3, -0.25) is 4.79 Å². The maximum absolute atomic E-state index is 12.5. The minimum atomic E-state index is -0.282. The zero-order valence-electron chi connectivity index (χ0n) is 14.0. The Labute approximate surface area is 141 Å². The number of nitrogens with zero attached hydrogens (tertiary/aromatic N) is 2. The Morgan fingerprint density at radius 1 is 1.25 bits per heavy atom. The highest BCUT2D eigenvalue weighted by Gasteiger charge is 2.17. The van der Waals surface area contributed by atoms with Gasteiger partial charge in [0, 0.05) is 12.2 Å². The van der Waals surface area contributed by atoms with Crippen molar-refractivity contribution in [3.8, 4) is 5.75 Å². The highest BCUT2D eigenvalue weighted by atomic mass is 16.5. The van der Waals surface area contributed by atoms with Crippen LogP contribution in [0.2, 0.25) is 0 Å². The van der Waals surface area contributed by atoms with Crippen molar-refractivity contribution >= 4 is 17.5 Å². The SMILES string of the molecule is COc1ccc(C)cc1NC(=O)c1ccnc(NC2CCCC2)n1. The van der Waals surface area contributed by atoms with Crippen molar-refractivity contribution in [1.29, 1.82) is 0 Å². The maximum Gasteiger partial charge on any atom is 0.274 e. The topological polar surface area (TPSA) is 76.1 Å². The average Bonchev–Trinajstić information content (AvgIpc) is 3.08. The predicted octanol–water partition coefficient (Wildman–Crippen LogP) is 3.40. The summed E-state index contributed by atoms with van der Waals surface area (Å²) in [4.78, 5) is 21.0. The van der Waals surface area contributed by atoms with E-state index in [-0.39, 0.29) is 5.91 Å². The van der Waals surface area contributed by atoms with E-state index in [9.17, 15) is 4.79 Å². The molecule has 0 atom stereocenters. The molecule has 6 heteroatoms. The van der Waals surface area contributed by atoms with Gasteiger partial charge >= 0.3 is 0 Å². The summed E-state index contributed by atoms with van der Waals surface area (Å²) in [6.07, 6.45) is 6.31. The van der Waals surface area contributed by atoms with Crippen LogP contribution in [0.15, 0.2) is 30.5 Å². The number of rotatable bonds is 5. The lowest BCUT2D eigenvalue weighted by molar-refractivity contribution is 0.102. The Morgan fingerprint density at radius 3 is 2.79 bits per heavy atom. The smallest absolute Gasteiger partial charge is 0.274 e. The summed E-state index contributed by atoms with van der Waals surface area (Å²) in [5.41, 5.74) is 2.00. The predicted molar refractivity (Wildman–Crippen MR) is 93.6 cm³/mol. The molecule has 0 spiro atoms. The van der Waals surface area contributed by atoms with Gasteiger partial charge < -0.3 is 15.4 Å². The van der Waals surface area contributed by atoms with E-state index >= 15 is 0 Å². The van der Waals surface area contributed by atoms with E-state index in [4.69, 9.17) is 4.74 Å².